The van der Waals surface area contributed by atoms with Crippen LogP contribution in [0.5, 0.6) is 0 Å². The molecule has 2 aliphatic rings. The van der Waals surface area contributed by atoms with Gasteiger partial charge in [0, 0.05) is 30.6 Å². The number of fused-ring (bicyclic) bond motifs is 1. The van der Waals surface area contributed by atoms with Crippen molar-refractivity contribution in [2.75, 3.05) is 19.6 Å². The van der Waals surface area contributed by atoms with Gasteiger partial charge in [-0.05, 0) is 36.9 Å². The molecule has 2 aromatic heterocycles. The maximum Gasteiger partial charge on any atom is 0.318 e. The van der Waals surface area contributed by atoms with Crippen molar-refractivity contribution in [3.8, 4) is 6.07 Å². The van der Waals surface area contributed by atoms with Gasteiger partial charge in [0.2, 0.25) is 0 Å². The van der Waals surface area contributed by atoms with Gasteiger partial charge < -0.3 is 10.2 Å². The summed E-state index contributed by atoms with van der Waals surface area (Å²) >= 11 is 1.78. The fourth-order valence-electron chi connectivity index (χ4n) is 3.70. The Kier molecular flexibility index (Phi) is 4.91. The molecule has 7 nitrogen and oxygen atoms in total. The summed E-state index contributed by atoms with van der Waals surface area (Å²) in [5.74, 6) is 0. The molecule has 4 rings (SSSR count). The van der Waals surface area contributed by atoms with Gasteiger partial charge >= 0.3 is 6.03 Å². The second-order valence-corrected chi connectivity index (χ2v) is 7.91. The highest BCUT2D eigenvalue weighted by Crippen LogP contribution is 2.18. The molecular formula is C18H22N6OS. The molecule has 0 bridgehead atoms. The summed E-state index contributed by atoms with van der Waals surface area (Å²) in [6.07, 6.45) is 2.13. The van der Waals surface area contributed by atoms with Crippen molar-refractivity contribution < 1.29 is 4.79 Å². The van der Waals surface area contributed by atoms with E-state index in [0.717, 1.165) is 38.2 Å². The Morgan fingerprint density at radius 2 is 2.35 bits per heavy atom. The van der Waals surface area contributed by atoms with E-state index in [1.54, 1.807) is 17.4 Å². The van der Waals surface area contributed by atoms with E-state index in [-0.39, 0.29) is 12.1 Å². The maximum absolute atomic E-state index is 12.7. The Bertz CT molecular complexity index is 808. The molecule has 8 heteroatoms. The molecule has 136 valence electrons. The van der Waals surface area contributed by atoms with E-state index in [1.165, 1.54) is 4.88 Å². The summed E-state index contributed by atoms with van der Waals surface area (Å²) in [5.41, 5.74) is 1.34. The number of carbonyl (C=O) groups excluding carboxylic acids is 1. The third kappa shape index (κ3) is 3.74. The number of aromatic nitrogens is 2. The van der Waals surface area contributed by atoms with Crippen LogP contribution in [0.15, 0.2) is 23.6 Å². The van der Waals surface area contributed by atoms with Crippen LogP contribution in [-0.2, 0) is 19.6 Å². The van der Waals surface area contributed by atoms with Crippen LogP contribution in [0.3, 0.4) is 0 Å². The van der Waals surface area contributed by atoms with Crippen LogP contribution in [0.2, 0.25) is 0 Å². The van der Waals surface area contributed by atoms with Crippen molar-refractivity contribution in [3.05, 3.63) is 39.8 Å². The van der Waals surface area contributed by atoms with Crippen LogP contribution in [0, 0.1) is 11.3 Å². The lowest BCUT2D eigenvalue weighted by atomic mass is 10.1. The number of piperidine rings is 1. The number of amides is 2. The highest BCUT2D eigenvalue weighted by molar-refractivity contribution is 7.09. The SMILES string of the molecule is N#Cc1cc2n(n1)CCN(C(=O)N[C@H]1CCCN(Cc3cccs3)C1)C2. The number of rotatable bonds is 3. The number of nitriles is 1. The predicted molar refractivity (Wildman–Crippen MR) is 98.5 cm³/mol. The van der Waals surface area contributed by atoms with Crippen molar-refractivity contribution in [2.24, 2.45) is 0 Å². The van der Waals surface area contributed by atoms with E-state index in [1.807, 2.05) is 9.58 Å². The number of thiophene rings is 1. The van der Waals surface area contributed by atoms with E-state index >= 15 is 0 Å². The molecular weight excluding hydrogens is 348 g/mol. The molecule has 0 radical (unpaired) electrons. The molecule has 1 N–H and O–H groups in total. The first-order valence-electron chi connectivity index (χ1n) is 8.98. The first-order valence-corrected chi connectivity index (χ1v) is 9.86. The molecule has 1 fully saturated rings. The quantitative estimate of drug-likeness (QED) is 0.897. The second kappa shape index (κ2) is 7.48. The van der Waals surface area contributed by atoms with Gasteiger partial charge in [0.1, 0.15) is 6.07 Å². The first-order chi connectivity index (χ1) is 12.7. The van der Waals surface area contributed by atoms with E-state index < -0.39 is 0 Å². The minimum absolute atomic E-state index is 0.0149. The monoisotopic (exact) mass is 370 g/mol. The Balaban J connectivity index is 1.32. The van der Waals surface area contributed by atoms with Crippen molar-refractivity contribution >= 4 is 17.4 Å². The minimum atomic E-state index is -0.0149. The van der Waals surface area contributed by atoms with E-state index in [9.17, 15) is 4.79 Å². The molecule has 26 heavy (non-hydrogen) atoms. The van der Waals surface area contributed by atoms with Crippen LogP contribution in [-0.4, -0.2) is 51.3 Å². The number of carbonyl (C=O) groups is 1. The topological polar surface area (TPSA) is 77.2 Å². The largest absolute Gasteiger partial charge is 0.334 e. The summed E-state index contributed by atoms with van der Waals surface area (Å²) in [6, 6.07) is 8.26. The standard InChI is InChI=1S/C18H22N6OS/c19-10-15-9-16-12-23(6-7-24(16)21-15)18(25)20-14-3-1-5-22(11-14)13-17-4-2-8-26-17/h2,4,8-9,14H,1,3,5-7,11-13H2,(H,20,25)/t14-/m0/s1. The number of nitrogens with one attached hydrogen (secondary N) is 1. The van der Waals surface area contributed by atoms with E-state index in [4.69, 9.17) is 5.26 Å². The maximum atomic E-state index is 12.7. The summed E-state index contributed by atoms with van der Waals surface area (Å²) in [5, 5.41) is 18.5. The smallest absolute Gasteiger partial charge is 0.318 e. The number of hydrogen-bond acceptors (Lipinski definition) is 5. The third-order valence-corrected chi connectivity index (χ3v) is 5.85. The van der Waals surface area contributed by atoms with Gasteiger partial charge in [-0.25, -0.2) is 4.79 Å². The number of hydrogen-bond donors (Lipinski definition) is 1. The summed E-state index contributed by atoms with van der Waals surface area (Å²) in [6.45, 7) is 4.71. The van der Waals surface area contributed by atoms with Crippen LogP contribution >= 0.6 is 11.3 Å². The van der Waals surface area contributed by atoms with Gasteiger partial charge in [-0.2, -0.15) is 10.4 Å². The molecule has 0 spiro atoms. The average Bonchev–Trinajstić information content (AvgIpc) is 3.30. The Morgan fingerprint density at radius 3 is 3.15 bits per heavy atom. The first kappa shape index (κ1) is 17.1. The molecule has 1 atom stereocenters. The van der Waals surface area contributed by atoms with Crippen molar-refractivity contribution in [1.82, 2.24) is 24.9 Å². The molecule has 0 aromatic carbocycles. The zero-order valence-corrected chi connectivity index (χ0v) is 15.4. The zero-order valence-electron chi connectivity index (χ0n) is 14.6. The minimum Gasteiger partial charge on any atom is -0.334 e. The highest BCUT2D eigenvalue weighted by Gasteiger charge is 2.26. The lowest BCUT2D eigenvalue weighted by molar-refractivity contribution is 0.155. The fraction of sp³-hybridized carbons (Fsp3) is 0.500. The van der Waals surface area contributed by atoms with Crippen molar-refractivity contribution in [3.63, 3.8) is 0 Å². The van der Waals surface area contributed by atoms with Gasteiger partial charge in [0.15, 0.2) is 5.69 Å². The number of likely N-dealkylation sites (tertiary alicyclic amines) is 1. The Hall–Kier alpha value is -2.37. The lowest BCUT2D eigenvalue weighted by Crippen LogP contribution is -2.52. The number of urea groups is 1. The third-order valence-electron chi connectivity index (χ3n) is 4.99. The average molecular weight is 370 g/mol. The Labute approximate surface area is 156 Å². The predicted octanol–water partition coefficient (Wildman–Crippen LogP) is 2.01. The zero-order chi connectivity index (χ0) is 17.9. The Morgan fingerprint density at radius 1 is 1.42 bits per heavy atom. The van der Waals surface area contributed by atoms with E-state index in [0.29, 0.717) is 25.3 Å². The van der Waals surface area contributed by atoms with Crippen molar-refractivity contribution in [2.45, 2.75) is 38.5 Å². The van der Waals surface area contributed by atoms with Crippen LogP contribution in [0.25, 0.3) is 0 Å². The van der Waals surface area contributed by atoms with Crippen LogP contribution in [0.1, 0.15) is 29.1 Å². The van der Waals surface area contributed by atoms with Gasteiger partial charge in [0.25, 0.3) is 0 Å². The molecule has 2 aromatic rings. The van der Waals surface area contributed by atoms with Gasteiger partial charge in [-0.15, -0.1) is 11.3 Å². The normalized spacial score (nSPS) is 20.4. The molecule has 0 saturated carbocycles. The summed E-state index contributed by atoms with van der Waals surface area (Å²) in [7, 11) is 0. The van der Waals surface area contributed by atoms with E-state index in [2.05, 4.69) is 38.9 Å². The van der Waals surface area contributed by atoms with Gasteiger partial charge in [0.05, 0.1) is 18.8 Å². The molecule has 2 aliphatic heterocycles. The summed E-state index contributed by atoms with van der Waals surface area (Å²) < 4.78 is 1.83. The van der Waals surface area contributed by atoms with Crippen LogP contribution in [0.4, 0.5) is 4.79 Å². The molecule has 1 saturated heterocycles. The van der Waals surface area contributed by atoms with Crippen LogP contribution < -0.4 is 5.32 Å². The number of nitrogens with zero attached hydrogens (tertiary/aromatic N) is 5. The molecule has 0 aliphatic carbocycles. The fourth-order valence-corrected chi connectivity index (χ4v) is 4.45. The van der Waals surface area contributed by atoms with Crippen molar-refractivity contribution in [1.29, 1.82) is 5.26 Å². The lowest BCUT2D eigenvalue weighted by Gasteiger charge is -2.35. The highest BCUT2D eigenvalue weighted by atomic mass is 32.1. The molecule has 2 amide bonds. The van der Waals surface area contributed by atoms with Gasteiger partial charge in [-0.3, -0.25) is 9.58 Å². The second-order valence-electron chi connectivity index (χ2n) is 6.88. The molecule has 0 unspecified atom stereocenters. The van der Waals surface area contributed by atoms with Gasteiger partial charge in [-0.1, -0.05) is 6.07 Å². The molecule has 4 heterocycles. The summed E-state index contributed by atoms with van der Waals surface area (Å²) in [4.78, 5) is 18.3.